The molecule has 1 saturated carbocycles. The Morgan fingerprint density at radius 2 is 2.05 bits per heavy atom. The van der Waals surface area contributed by atoms with Gasteiger partial charge in [0.2, 0.25) is 5.95 Å². The van der Waals surface area contributed by atoms with Crippen molar-refractivity contribution in [3.8, 4) is 0 Å². The Balaban J connectivity index is 1.94. The van der Waals surface area contributed by atoms with Gasteiger partial charge in [-0.05, 0) is 37.7 Å². The fraction of sp³-hybridized carbons (Fsp3) is 0.714. The van der Waals surface area contributed by atoms with E-state index in [-0.39, 0.29) is 12.5 Å². The van der Waals surface area contributed by atoms with Gasteiger partial charge in [0.25, 0.3) is 0 Å². The summed E-state index contributed by atoms with van der Waals surface area (Å²) in [5.41, 5.74) is -1.87. The first-order valence-corrected chi connectivity index (χ1v) is 7.19. The molecule has 4 nitrogen and oxygen atoms in total. The lowest BCUT2D eigenvalue weighted by Crippen LogP contribution is -2.40. The van der Waals surface area contributed by atoms with Crippen LogP contribution in [0.25, 0.3) is 0 Å². The zero-order chi connectivity index (χ0) is 15.5. The molecule has 1 aliphatic rings. The average Bonchev–Trinajstić information content (AvgIpc) is 2.46. The van der Waals surface area contributed by atoms with E-state index >= 15 is 0 Å². The van der Waals surface area contributed by atoms with Crippen LogP contribution in [0.3, 0.4) is 0 Å². The van der Waals surface area contributed by atoms with Gasteiger partial charge in [-0.15, -0.1) is 0 Å². The molecule has 0 amide bonds. The molecule has 2 N–H and O–H groups in total. The molecule has 1 fully saturated rings. The second-order valence-corrected chi connectivity index (χ2v) is 5.69. The van der Waals surface area contributed by atoms with Crippen molar-refractivity contribution in [1.29, 1.82) is 0 Å². The van der Waals surface area contributed by atoms with Crippen LogP contribution < -0.4 is 5.32 Å². The minimum atomic E-state index is -4.49. The molecule has 0 aliphatic heterocycles. The van der Waals surface area contributed by atoms with E-state index in [0.717, 1.165) is 31.5 Å². The van der Waals surface area contributed by atoms with Crippen molar-refractivity contribution in [2.45, 2.75) is 50.8 Å². The lowest BCUT2D eigenvalue weighted by molar-refractivity contribution is -0.141. The van der Waals surface area contributed by atoms with Gasteiger partial charge in [-0.3, -0.25) is 0 Å². The van der Waals surface area contributed by atoms with Gasteiger partial charge in [0.1, 0.15) is 5.69 Å². The largest absolute Gasteiger partial charge is 0.433 e. The van der Waals surface area contributed by atoms with Crippen LogP contribution in [0.1, 0.15) is 44.7 Å². The molecule has 7 heteroatoms. The highest BCUT2D eigenvalue weighted by Crippen LogP contribution is 2.34. The van der Waals surface area contributed by atoms with Crippen LogP contribution >= 0.6 is 0 Å². The smallest absolute Gasteiger partial charge is 0.388 e. The number of aliphatic hydroxyl groups is 1. The molecule has 0 unspecified atom stereocenters. The van der Waals surface area contributed by atoms with Crippen molar-refractivity contribution in [2.75, 3.05) is 11.9 Å². The molecule has 1 aromatic heterocycles. The van der Waals surface area contributed by atoms with Crippen LogP contribution in [-0.2, 0) is 6.18 Å². The fourth-order valence-corrected chi connectivity index (χ4v) is 2.65. The van der Waals surface area contributed by atoms with E-state index in [1.165, 1.54) is 0 Å². The van der Waals surface area contributed by atoms with Gasteiger partial charge in [-0.25, -0.2) is 9.97 Å². The van der Waals surface area contributed by atoms with Crippen molar-refractivity contribution < 1.29 is 18.3 Å². The first-order chi connectivity index (χ1) is 9.82. The third-order valence-electron chi connectivity index (χ3n) is 4.13. The Bertz CT molecular complexity index is 471. The second kappa shape index (κ2) is 6.17. The molecule has 1 aromatic rings. The quantitative estimate of drug-likeness (QED) is 0.896. The molecule has 1 heterocycles. The zero-order valence-electron chi connectivity index (χ0n) is 12.0. The third-order valence-corrected chi connectivity index (χ3v) is 4.13. The predicted octanol–water partition coefficient (Wildman–Crippen LogP) is 3.24. The molecule has 0 radical (unpaired) electrons. The predicted molar refractivity (Wildman–Crippen MR) is 72.7 cm³/mol. The van der Waals surface area contributed by atoms with Crippen LogP contribution in [0.4, 0.5) is 19.1 Å². The van der Waals surface area contributed by atoms with Crippen molar-refractivity contribution in [3.05, 3.63) is 18.0 Å². The lowest BCUT2D eigenvalue weighted by atomic mass is 9.78. The topological polar surface area (TPSA) is 58.0 Å². The Kier molecular flexibility index (Phi) is 4.70. The summed E-state index contributed by atoms with van der Waals surface area (Å²) in [6.45, 7) is 2.30. The van der Waals surface area contributed by atoms with Crippen molar-refractivity contribution in [1.82, 2.24) is 9.97 Å². The standard InChI is InChI=1S/C14H20F3N3O/c1-2-10-3-6-13(21,7-4-10)9-19-12-18-8-5-11(20-12)14(15,16)17/h5,8,10,21H,2-4,6-7,9H2,1H3,(H,18,19,20). The van der Waals surface area contributed by atoms with Crippen molar-refractivity contribution in [3.63, 3.8) is 0 Å². The number of anilines is 1. The van der Waals surface area contributed by atoms with Crippen LogP contribution in [-0.4, -0.2) is 27.2 Å². The molecule has 0 atom stereocenters. The number of aromatic nitrogens is 2. The lowest BCUT2D eigenvalue weighted by Gasteiger charge is -2.35. The molecule has 21 heavy (non-hydrogen) atoms. The highest BCUT2D eigenvalue weighted by molar-refractivity contribution is 5.26. The van der Waals surface area contributed by atoms with E-state index < -0.39 is 17.5 Å². The van der Waals surface area contributed by atoms with Crippen LogP contribution in [0.15, 0.2) is 12.3 Å². The van der Waals surface area contributed by atoms with Gasteiger partial charge in [-0.2, -0.15) is 13.2 Å². The highest BCUT2D eigenvalue weighted by atomic mass is 19.4. The van der Waals surface area contributed by atoms with Crippen molar-refractivity contribution >= 4 is 5.95 Å². The van der Waals surface area contributed by atoms with Crippen molar-refractivity contribution in [2.24, 2.45) is 5.92 Å². The molecule has 2 rings (SSSR count). The van der Waals surface area contributed by atoms with Gasteiger partial charge in [0, 0.05) is 12.7 Å². The number of nitrogens with one attached hydrogen (secondary N) is 1. The summed E-state index contributed by atoms with van der Waals surface area (Å²) in [6, 6.07) is 0.826. The van der Waals surface area contributed by atoms with Crippen LogP contribution in [0, 0.1) is 5.92 Å². The minimum absolute atomic E-state index is 0.101. The summed E-state index contributed by atoms with van der Waals surface area (Å²) in [4.78, 5) is 7.20. The maximum absolute atomic E-state index is 12.6. The minimum Gasteiger partial charge on any atom is -0.388 e. The second-order valence-electron chi connectivity index (χ2n) is 5.69. The summed E-state index contributed by atoms with van der Waals surface area (Å²) >= 11 is 0. The Hall–Kier alpha value is -1.37. The van der Waals surface area contributed by atoms with Gasteiger partial charge in [-0.1, -0.05) is 13.3 Å². The van der Waals surface area contributed by atoms with E-state index in [1.54, 1.807) is 0 Å². The number of nitrogens with zero attached hydrogens (tertiary/aromatic N) is 2. The summed E-state index contributed by atoms with van der Waals surface area (Å²) in [5.74, 6) is 0.533. The molecule has 118 valence electrons. The number of alkyl halides is 3. The first kappa shape index (κ1) is 16.0. The number of hydrogen-bond acceptors (Lipinski definition) is 4. The summed E-state index contributed by atoms with van der Waals surface area (Å²) < 4.78 is 37.7. The summed E-state index contributed by atoms with van der Waals surface area (Å²) in [5, 5.41) is 13.2. The maximum atomic E-state index is 12.6. The van der Waals surface area contributed by atoms with E-state index in [2.05, 4.69) is 22.2 Å². The van der Waals surface area contributed by atoms with Gasteiger partial charge < -0.3 is 10.4 Å². The van der Waals surface area contributed by atoms with Gasteiger partial charge in [0.15, 0.2) is 0 Å². The molecule has 0 aromatic carbocycles. The fourth-order valence-electron chi connectivity index (χ4n) is 2.65. The molecular formula is C14H20F3N3O. The third kappa shape index (κ3) is 4.30. The maximum Gasteiger partial charge on any atom is 0.433 e. The Morgan fingerprint density at radius 3 is 2.62 bits per heavy atom. The first-order valence-electron chi connectivity index (χ1n) is 7.19. The van der Waals surface area contributed by atoms with Gasteiger partial charge in [0.05, 0.1) is 5.60 Å². The molecule has 0 spiro atoms. The van der Waals surface area contributed by atoms with Crippen LogP contribution in [0.2, 0.25) is 0 Å². The van der Waals surface area contributed by atoms with E-state index in [1.807, 2.05) is 0 Å². The monoisotopic (exact) mass is 303 g/mol. The number of hydrogen-bond donors (Lipinski definition) is 2. The average molecular weight is 303 g/mol. The molecule has 1 aliphatic carbocycles. The molecular weight excluding hydrogens is 283 g/mol. The Labute approximate surface area is 121 Å². The van der Waals surface area contributed by atoms with E-state index in [4.69, 9.17) is 0 Å². The normalized spacial score (nSPS) is 26.6. The molecule has 0 bridgehead atoms. The van der Waals surface area contributed by atoms with E-state index in [0.29, 0.717) is 18.8 Å². The summed E-state index contributed by atoms with van der Waals surface area (Å²) in [7, 11) is 0. The van der Waals surface area contributed by atoms with Gasteiger partial charge >= 0.3 is 6.18 Å². The molecule has 0 saturated heterocycles. The number of rotatable bonds is 4. The highest BCUT2D eigenvalue weighted by Gasteiger charge is 2.34. The Morgan fingerprint density at radius 1 is 1.38 bits per heavy atom. The number of halogens is 3. The van der Waals surface area contributed by atoms with E-state index in [9.17, 15) is 18.3 Å². The van der Waals surface area contributed by atoms with Crippen LogP contribution in [0.5, 0.6) is 0 Å². The SMILES string of the molecule is CCC1CCC(O)(CNc2nccc(C(F)(F)F)n2)CC1. The zero-order valence-corrected chi connectivity index (χ0v) is 12.0. The summed E-state index contributed by atoms with van der Waals surface area (Å²) in [6.07, 6.45) is 0.858.